The van der Waals surface area contributed by atoms with E-state index in [2.05, 4.69) is 14.7 Å². The molecule has 0 aliphatic heterocycles. The van der Waals surface area contributed by atoms with Gasteiger partial charge in [0.1, 0.15) is 5.15 Å². The molecule has 0 aliphatic rings. The van der Waals surface area contributed by atoms with Crippen molar-refractivity contribution in [2.75, 3.05) is 0 Å². The molecular weight excluding hydrogens is 390 g/mol. The lowest BCUT2D eigenvalue weighted by Gasteiger charge is -2.11. The van der Waals surface area contributed by atoms with Crippen LogP contribution in [0.2, 0.25) is 10.2 Å². The maximum absolute atomic E-state index is 12.6. The number of alkyl halides is 3. The van der Waals surface area contributed by atoms with Crippen molar-refractivity contribution in [1.82, 2.24) is 14.7 Å². The van der Waals surface area contributed by atoms with Crippen LogP contribution in [-0.4, -0.2) is 18.4 Å². The number of rotatable bonds is 4. The van der Waals surface area contributed by atoms with Crippen LogP contribution in [0, 0.1) is 6.92 Å². The van der Waals surface area contributed by atoms with Crippen LogP contribution in [-0.2, 0) is 22.7 Å². The Hall–Kier alpha value is -1.42. The molecule has 2 aromatic heterocycles. The first-order valence-corrected chi connectivity index (χ1v) is 8.59. The predicted octanol–water partition coefficient (Wildman–Crippen LogP) is 3.59. The van der Waals surface area contributed by atoms with E-state index < -0.39 is 31.8 Å². The van der Waals surface area contributed by atoms with E-state index in [-0.39, 0.29) is 11.7 Å². The van der Waals surface area contributed by atoms with Crippen molar-refractivity contribution < 1.29 is 21.6 Å². The summed E-state index contributed by atoms with van der Waals surface area (Å²) in [5.74, 6) is 0. The van der Waals surface area contributed by atoms with Gasteiger partial charge in [-0.2, -0.15) is 13.2 Å². The second-order valence-corrected chi connectivity index (χ2v) is 7.19. The first-order valence-electron chi connectivity index (χ1n) is 6.35. The summed E-state index contributed by atoms with van der Waals surface area (Å²) in [6.07, 6.45) is -4.26. The summed E-state index contributed by atoms with van der Waals surface area (Å²) >= 11 is 11.3. The van der Waals surface area contributed by atoms with Crippen LogP contribution in [0.15, 0.2) is 29.4 Å². The van der Waals surface area contributed by atoms with Crippen LogP contribution in [0.1, 0.15) is 16.8 Å². The third-order valence-electron chi connectivity index (χ3n) is 3.00. The molecule has 5 nitrogen and oxygen atoms in total. The van der Waals surface area contributed by atoms with E-state index in [0.29, 0.717) is 23.5 Å². The highest BCUT2D eigenvalue weighted by molar-refractivity contribution is 7.89. The van der Waals surface area contributed by atoms with Gasteiger partial charge < -0.3 is 0 Å². The van der Waals surface area contributed by atoms with Gasteiger partial charge in [0.2, 0.25) is 0 Å². The van der Waals surface area contributed by atoms with Gasteiger partial charge in [-0.15, -0.1) is 0 Å². The molecule has 0 amide bonds. The Morgan fingerprint density at radius 2 is 1.92 bits per heavy atom. The minimum atomic E-state index is -4.67. The number of aromatic nitrogens is 2. The minimum absolute atomic E-state index is 0.142. The molecule has 0 atom stereocenters. The van der Waals surface area contributed by atoms with Gasteiger partial charge in [-0.05, 0) is 24.6 Å². The highest BCUT2D eigenvalue weighted by Gasteiger charge is 2.33. The maximum Gasteiger partial charge on any atom is 0.417 e. The molecule has 0 saturated carbocycles. The van der Waals surface area contributed by atoms with Crippen molar-refractivity contribution >= 4 is 33.2 Å². The molecule has 0 aliphatic carbocycles. The maximum atomic E-state index is 12.6. The van der Waals surface area contributed by atoms with Gasteiger partial charge in [0.25, 0.3) is 10.0 Å². The Kier molecular flexibility index (Phi) is 5.38. The monoisotopic (exact) mass is 399 g/mol. The van der Waals surface area contributed by atoms with Gasteiger partial charge in [-0.25, -0.2) is 23.1 Å². The van der Waals surface area contributed by atoms with Crippen molar-refractivity contribution in [3.8, 4) is 0 Å². The SMILES string of the molecule is Cc1nc(Cl)ccc1CNS(=O)(=O)c1ncc(C(F)(F)F)cc1Cl. The van der Waals surface area contributed by atoms with Crippen molar-refractivity contribution in [2.24, 2.45) is 0 Å². The number of nitrogens with one attached hydrogen (secondary N) is 1. The number of sulfonamides is 1. The predicted molar refractivity (Wildman–Crippen MR) is 82.3 cm³/mol. The molecule has 0 bridgehead atoms. The number of nitrogens with zero attached hydrogens (tertiary/aromatic N) is 2. The Bertz CT molecular complexity index is 873. The van der Waals surface area contributed by atoms with Crippen LogP contribution in [0.25, 0.3) is 0 Å². The van der Waals surface area contributed by atoms with Gasteiger partial charge in [0, 0.05) is 18.4 Å². The standard InChI is InChI=1S/C13H10Cl2F3N3O2S/c1-7-8(2-3-11(15)21-7)5-20-24(22,23)12-10(14)4-9(6-19-12)13(16,17)18/h2-4,6,20H,5H2,1H3. The zero-order valence-electron chi connectivity index (χ0n) is 12.0. The molecule has 0 unspecified atom stereocenters. The Morgan fingerprint density at radius 1 is 1.25 bits per heavy atom. The normalized spacial score (nSPS) is 12.4. The molecule has 2 rings (SSSR count). The summed E-state index contributed by atoms with van der Waals surface area (Å²) in [7, 11) is -4.20. The van der Waals surface area contributed by atoms with Crippen molar-refractivity contribution in [3.05, 3.63) is 51.4 Å². The van der Waals surface area contributed by atoms with Gasteiger partial charge in [0.15, 0.2) is 5.03 Å². The van der Waals surface area contributed by atoms with Crippen LogP contribution in [0.3, 0.4) is 0 Å². The molecule has 0 radical (unpaired) electrons. The minimum Gasteiger partial charge on any atom is -0.241 e. The lowest BCUT2D eigenvalue weighted by molar-refractivity contribution is -0.137. The highest BCUT2D eigenvalue weighted by atomic mass is 35.5. The molecule has 11 heteroatoms. The van der Waals surface area contributed by atoms with Gasteiger partial charge >= 0.3 is 6.18 Å². The topological polar surface area (TPSA) is 72.0 Å². The van der Waals surface area contributed by atoms with Crippen LogP contribution in [0.4, 0.5) is 13.2 Å². The first-order chi connectivity index (χ1) is 11.0. The number of halogens is 5. The zero-order valence-corrected chi connectivity index (χ0v) is 14.4. The summed E-state index contributed by atoms with van der Waals surface area (Å²) in [5.41, 5.74) is -0.0770. The van der Waals surface area contributed by atoms with Crippen molar-refractivity contribution in [3.63, 3.8) is 0 Å². The summed E-state index contributed by atoms with van der Waals surface area (Å²) in [6, 6.07) is 3.58. The Balaban J connectivity index is 2.24. The molecule has 1 N–H and O–H groups in total. The lowest BCUT2D eigenvalue weighted by Crippen LogP contribution is -2.25. The lowest BCUT2D eigenvalue weighted by atomic mass is 10.2. The number of pyridine rings is 2. The summed E-state index contributed by atoms with van der Waals surface area (Å²) < 4.78 is 64.3. The highest BCUT2D eigenvalue weighted by Crippen LogP contribution is 2.32. The summed E-state index contributed by atoms with van der Waals surface area (Å²) in [5, 5.41) is -1.05. The van der Waals surface area contributed by atoms with E-state index in [1.807, 2.05) is 0 Å². The van der Waals surface area contributed by atoms with E-state index in [4.69, 9.17) is 23.2 Å². The largest absolute Gasteiger partial charge is 0.417 e. The van der Waals surface area contributed by atoms with Gasteiger partial charge in [-0.1, -0.05) is 29.3 Å². The Morgan fingerprint density at radius 3 is 2.46 bits per heavy atom. The van der Waals surface area contributed by atoms with Crippen molar-refractivity contribution in [1.29, 1.82) is 0 Å². The fraction of sp³-hybridized carbons (Fsp3) is 0.231. The van der Waals surface area contributed by atoms with Crippen LogP contribution in [0.5, 0.6) is 0 Å². The fourth-order valence-electron chi connectivity index (χ4n) is 1.77. The van der Waals surface area contributed by atoms with E-state index in [9.17, 15) is 21.6 Å². The fourth-order valence-corrected chi connectivity index (χ4v) is 3.42. The third kappa shape index (κ3) is 4.35. The molecule has 2 aromatic rings. The van der Waals surface area contributed by atoms with E-state index in [0.717, 1.165) is 0 Å². The smallest absolute Gasteiger partial charge is 0.241 e. The number of aryl methyl sites for hydroxylation is 1. The van der Waals surface area contributed by atoms with E-state index in [1.54, 1.807) is 13.0 Å². The third-order valence-corrected chi connectivity index (χ3v) is 4.97. The number of hydrogen-bond acceptors (Lipinski definition) is 4. The molecular formula is C13H10Cl2F3N3O2S. The average Bonchev–Trinajstić information content (AvgIpc) is 2.45. The molecule has 2 heterocycles. The second kappa shape index (κ2) is 6.83. The average molecular weight is 400 g/mol. The molecule has 130 valence electrons. The second-order valence-electron chi connectivity index (χ2n) is 4.71. The molecule has 0 aromatic carbocycles. The quantitative estimate of drug-likeness (QED) is 0.797. The molecule has 0 fully saturated rings. The summed E-state index contributed by atoms with van der Waals surface area (Å²) in [6.45, 7) is 1.50. The zero-order chi connectivity index (χ0) is 18.1. The van der Waals surface area contributed by atoms with Crippen LogP contribution < -0.4 is 4.72 Å². The first kappa shape index (κ1) is 18.9. The number of hydrogen-bond donors (Lipinski definition) is 1. The molecule has 0 saturated heterocycles. The Labute approximate surface area is 145 Å². The van der Waals surface area contributed by atoms with Gasteiger partial charge in [-0.3, -0.25) is 0 Å². The van der Waals surface area contributed by atoms with Gasteiger partial charge in [0.05, 0.1) is 10.6 Å². The van der Waals surface area contributed by atoms with E-state index in [1.165, 1.54) is 6.07 Å². The van der Waals surface area contributed by atoms with E-state index >= 15 is 0 Å². The van der Waals surface area contributed by atoms with Crippen LogP contribution >= 0.6 is 23.2 Å². The molecule has 0 spiro atoms. The summed E-state index contributed by atoms with van der Waals surface area (Å²) in [4.78, 5) is 7.29. The van der Waals surface area contributed by atoms with Crippen molar-refractivity contribution in [2.45, 2.75) is 24.7 Å². The molecule has 24 heavy (non-hydrogen) atoms.